The van der Waals surface area contributed by atoms with Gasteiger partial charge in [0.1, 0.15) is 0 Å². The van der Waals surface area contributed by atoms with Crippen LogP contribution in [-0.2, 0) is 12.6 Å². The number of pyridine rings is 1. The second-order valence-electron chi connectivity index (χ2n) is 5.80. The van der Waals surface area contributed by atoms with E-state index in [1.165, 1.54) is 18.2 Å². The first-order valence-electron chi connectivity index (χ1n) is 7.54. The van der Waals surface area contributed by atoms with Crippen LogP contribution >= 0.6 is 0 Å². The normalized spacial score (nSPS) is 11.7. The monoisotopic (exact) mass is 345 g/mol. The zero-order valence-corrected chi connectivity index (χ0v) is 13.3. The van der Waals surface area contributed by atoms with Gasteiger partial charge in [-0.2, -0.15) is 13.2 Å². The number of carbonyl (C=O) groups is 1. The molecule has 25 heavy (non-hydrogen) atoms. The predicted octanol–water partition coefficient (Wildman–Crippen LogP) is 4.85. The van der Waals surface area contributed by atoms with Crippen molar-refractivity contribution in [3.63, 3.8) is 0 Å². The van der Waals surface area contributed by atoms with Gasteiger partial charge in [0, 0.05) is 11.1 Å². The number of carboxylic acid groups (broad SMARTS) is 1. The lowest BCUT2D eigenvalue weighted by Gasteiger charge is -2.13. The Morgan fingerprint density at radius 2 is 1.80 bits per heavy atom. The number of hydrogen-bond acceptors (Lipinski definition) is 2. The number of fused-ring (bicyclic) bond motifs is 1. The third-order valence-electron chi connectivity index (χ3n) is 3.95. The van der Waals surface area contributed by atoms with Crippen molar-refractivity contribution in [3.05, 3.63) is 76.5 Å². The van der Waals surface area contributed by atoms with Crippen molar-refractivity contribution in [3.8, 4) is 0 Å². The predicted molar refractivity (Wildman–Crippen MR) is 87.7 cm³/mol. The highest BCUT2D eigenvalue weighted by Crippen LogP contribution is 2.35. The van der Waals surface area contributed by atoms with Crippen molar-refractivity contribution in [2.75, 3.05) is 0 Å². The van der Waals surface area contributed by atoms with Crippen molar-refractivity contribution >= 4 is 16.9 Å². The maximum atomic E-state index is 13.2. The standard InChI is InChI=1S/C19H14F3NO2/c1-11-9-14(10-12-5-7-13(8-6-12)18(24)25)15-3-2-4-16(17(15)23-11)19(20,21)22/h2-9H,10H2,1H3,(H,24,25). The topological polar surface area (TPSA) is 50.2 Å². The van der Waals surface area contributed by atoms with Crippen molar-refractivity contribution in [2.45, 2.75) is 19.5 Å². The molecule has 0 unspecified atom stereocenters. The number of aromatic nitrogens is 1. The number of halogens is 3. The van der Waals surface area contributed by atoms with Crippen molar-refractivity contribution in [1.29, 1.82) is 0 Å². The average Bonchev–Trinajstić information content (AvgIpc) is 2.53. The fourth-order valence-corrected chi connectivity index (χ4v) is 2.82. The molecule has 0 saturated heterocycles. The van der Waals surface area contributed by atoms with Gasteiger partial charge < -0.3 is 5.11 Å². The maximum absolute atomic E-state index is 13.2. The summed E-state index contributed by atoms with van der Waals surface area (Å²) < 4.78 is 39.7. The van der Waals surface area contributed by atoms with E-state index in [0.717, 1.165) is 17.2 Å². The number of rotatable bonds is 3. The van der Waals surface area contributed by atoms with Gasteiger partial charge in [-0.05, 0) is 48.7 Å². The second-order valence-corrected chi connectivity index (χ2v) is 5.80. The van der Waals surface area contributed by atoms with Crippen LogP contribution in [0.2, 0.25) is 0 Å². The molecular formula is C19H14F3NO2. The van der Waals surface area contributed by atoms with Gasteiger partial charge in [-0.3, -0.25) is 4.98 Å². The van der Waals surface area contributed by atoms with Crippen molar-refractivity contribution < 1.29 is 23.1 Å². The zero-order chi connectivity index (χ0) is 18.2. The summed E-state index contributed by atoms with van der Waals surface area (Å²) in [5.74, 6) is -1.02. The lowest BCUT2D eigenvalue weighted by molar-refractivity contribution is -0.136. The van der Waals surface area contributed by atoms with Crippen molar-refractivity contribution in [2.24, 2.45) is 0 Å². The highest BCUT2D eigenvalue weighted by atomic mass is 19.4. The molecule has 0 aliphatic carbocycles. The number of aryl methyl sites for hydroxylation is 1. The minimum Gasteiger partial charge on any atom is -0.478 e. The molecule has 0 aliphatic heterocycles. The summed E-state index contributed by atoms with van der Waals surface area (Å²) >= 11 is 0. The van der Waals surface area contributed by atoms with Gasteiger partial charge in [0.25, 0.3) is 0 Å². The molecule has 0 amide bonds. The smallest absolute Gasteiger partial charge is 0.418 e. The summed E-state index contributed by atoms with van der Waals surface area (Å²) in [5.41, 5.74) is 1.38. The molecular weight excluding hydrogens is 331 g/mol. The molecule has 1 N–H and O–H groups in total. The van der Waals surface area contributed by atoms with E-state index in [0.29, 0.717) is 17.5 Å². The van der Waals surface area contributed by atoms with Gasteiger partial charge in [-0.1, -0.05) is 24.3 Å². The fraction of sp³-hybridized carbons (Fsp3) is 0.158. The van der Waals surface area contributed by atoms with E-state index in [1.807, 2.05) is 0 Å². The Labute approximate surface area is 141 Å². The number of alkyl halides is 3. The van der Waals surface area contributed by atoms with E-state index in [4.69, 9.17) is 5.11 Å². The van der Waals surface area contributed by atoms with Crippen LogP contribution in [0.3, 0.4) is 0 Å². The number of aromatic carboxylic acids is 1. The molecule has 1 heterocycles. The van der Waals surface area contributed by atoms with E-state index < -0.39 is 17.7 Å². The summed E-state index contributed by atoms with van der Waals surface area (Å²) in [6.45, 7) is 1.66. The van der Waals surface area contributed by atoms with E-state index in [-0.39, 0.29) is 11.1 Å². The molecule has 2 aromatic carbocycles. The Bertz CT molecular complexity index is 947. The van der Waals surface area contributed by atoms with Crippen LogP contribution in [0.1, 0.15) is 32.7 Å². The van der Waals surface area contributed by atoms with Gasteiger partial charge >= 0.3 is 12.1 Å². The van der Waals surface area contributed by atoms with Crippen LogP contribution in [-0.4, -0.2) is 16.1 Å². The number of nitrogens with zero attached hydrogens (tertiary/aromatic N) is 1. The van der Waals surface area contributed by atoms with E-state index in [2.05, 4.69) is 4.98 Å². The number of carboxylic acids is 1. The van der Waals surface area contributed by atoms with E-state index in [1.54, 1.807) is 31.2 Å². The molecule has 0 bridgehead atoms. The molecule has 0 radical (unpaired) electrons. The van der Waals surface area contributed by atoms with Gasteiger partial charge in [-0.25, -0.2) is 4.79 Å². The Morgan fingerprint density at radius 3 is 2.40 bits per heavy atom. The molecule has 0 aliphatic rings. The Hall–Kier alpha value is -2.89. The highest BCUT2D eigenvalue weighted by molar-refractivity contribution is 5.88. The summed E-state index contributed by atoms with van der Waals surface area (Å²) in [7, 11) is 0. The molecule has 0 spiro atoms. The Balaban J connectivity index is 2.09. The Morgan fingerprint density at radius 1 is 1.12 bits per heavy atom. The summed E-state index contributed by atoms with van der Waals surface area (Å²) in [6.07, 6.45) is -4.08. The summed E-state index contributed by atoms with van der Waals surface area (Å²) in [6, 6.07) is 12.1. The van der Waals surface area contributed by atoms with Gasteiger partial charge in [0.15, 0.2) is 0 Å². The van der Waals surface area contributed by atoms with Crippen LogP contribution in [0, 0.1) is 6.92 Å². The van der Waals surface area contributed by atoms with Crippen LogP contribution in [0.15, 0.2) is 48.5 Å². The maximum Gasteiger partial charge on any atom is 0.418 e. The lowest BCUT2D eigenvalue weighted by atomic mass is 9.97. The fourth-order valence-electron chi connectivity index (χ4n) is 2.82. The molecule has 3 rings (SSSR count). The van der Waals surface area contributed by atoms with Crippen LogP contribution in [0.25, 0.3) is 10.9 Å². The van der Waals surface area contributed by atoms with Crippen LogP contribution in [0.4, 0.5) is 13.2 Å². The first-order chi connectivity index (χ1) is 11.8. The van der Waals surface area contributed by atoms with Crippen molar-refractivity contribution in [1.82, 2.24) is 4.98 Å². The number of hydrogen-bond donors (Lipinski definition) is 1. The number of benzene rings is 2. The van der Waals surface area contributed by atoms with Gasteiger partial charge in [-0.15, -0.1) is 0 Å². The highest BCUT2D eigenvalue weighted by Gasteiger charge is 2.33. The zero-order valence-electron chi connectivity index (χ0n) is 13.3. The third kappa shape index (κ3) is 3.47. The lowest BCUT2D eigenvalue weighted by Crippen LogP contribution is -2.07. The Kier molecular flexibility index (Phi) is 4.20. The molecule has 0 saturated carbocycles. The first-order valence-corrected chi connectivity index (χ1v) is 7.54. The molecule has 6 heteroatoms. The first kappa shape index (κ1) is 17.0. The second kappa shape index (κ2) is 6.20. The minimum absolute atomic E-state index is 0.0628. The molecule has 3 aromatic rings. The van der Waals surface area contributed by atoms with Gasteiger partial charge in [0.05, 0.1) is 16.6 Å². The minimum atomic E-state index is -4.47. The molecule has 3 nitrogen and oxygen atoms in total. The SMILES string of the molecule is Cc1cc(Cc2ccc(C(=O)O)cc2)c2cccc(C(F)(F)F)c2n1. The summed E-state index contributed by atoms with van der Waals surface area (Å²) in [5, 5.41) is 9.38. The quantitative estimate of drug-likeness (QED) is 0.738. The molecule has 0 fully saturated rings. The van der Waals surface area contributed by atoms with Crippen LogP contribution in [0.5, 0.6) is 0 Å². The van der Waals surface area contributed by atoms with E-state index in [9.17, 15) is 18.0 Å². The van der Waals surface area contributed by atoms with E-state index >= 15 is 0 Å². The molecule has 128 valence electrons. The van der Waals surface area contributed by atoms with Crippen LogP contribution < -0.4 is 0 Å². The summed E-state index contributed by atoms with van der Waals surface area (Å²) in [4.78, 5) is 15.0. The largest absolute Gasteiger partial charge is 0.478 e. The third-order valence-corrected chi connectivity index (χ3v) is 3.95. The average molecular weight is 345 g/mol. The molecule has 1 aromatic heterocycles. The number of para-hydroxylation sites is 1. The molecule has 0 atom stereocenters. The van der Waals surface area contributed by atoms with Gasteiger partial charge in [0.2, 0.25) is 0 Å².